The standard InChI is InChI=1S/C13H20N4O5/c1-12(2,3)22-11(21)16-13(4,10(19)20)8-5-17(7-15-8)6-9(14)18/h5,7H,6H2,1-4H3,(H2,14,18)(H,16,21)(H,19,20). The summed E-state index contributed by atoms with van der Waals surface area (Å²) in [5.74, 6) is -1.91. The lowest BCUT2D eigenvalue weighted by molar-refractivity contribution is -0.144. The van der Waals surface area contributed by atoms with Crippen molar-refractivity contribution in [2.24, 2.45) is 5.73 Å². The van der Waals surface area contributed by atoms with Crippen LogP contribution in [-0.4, -0.2) is 38.2 Å². The number of nitrogens with two attached hydrogens (primary N) is 1. The molecule has 1 rings (SSSR count). The summed E-state index contributed by atoms with van der Waals surface area (Å²) in [5, 5.41) is 11.7. The predicted molar refractivity (Wildman–Crippen MR) is 75.8 cm³/mol. The van der Waals surface area contributed by atoms with Crippen LogP contribution in [0.2, 0.25) is 0 Å². The molecular formula is C13H20N4O5. The summed E-state index contributed by atoms with van der Waals surface area (Å²) >= 11 is 0. The van der Waals surface area contributed by atoms with Gasteiger partial charge in [-0.05, 0) is 27.7 Å². The molecule has 22 heavy (non-hydrogen) atoms. The van der Waals surface area contributed by atoms with E-state index in [0.29, 0.717) is 0 Å². The maximum atomic E-state index is 11.8. The molecule has 1 unspecified atom stereocenters. The largest absolute Gasteiger partial charge is 0.479 e. The van der Waals surface area contributed by atoms with Crippen molar-refractivity contribution in [1.82, 2.24) is 14.9 Å². The lowest BCUT2D eigenvalue weighted by atomic mass is 9.99. The van der Waals surface area contributed by atoms with E-state index in [1.165, 1.54) is 24.0 Å². The minimum atomic E-state index is -1.80. The van der Waals surface area contributed by atoms with Gasteiger partial charge in [0.15, 0.2) is 5.54 Å². The fraction of sp³-hybridized carbons (Fsp3) is 0.538. The number of nitrogens with one attached hydrogen (secondary N) is 1. The van der Waals surface area contributed by atoms with Crippen LogP contribution in [0.25, 0.3) is 0 Å². The molecule has 0 aliphatic heterocycles. The Morgan fingerprint density at radius 3 is 2.41 bits per heavy atom. The minimum absolute atomic E-state index is 0.0482. The zero-order valence-electron chi connectivity index (χ0n) is 12.9. The first-order valence-electron chi connectivity index (χ1n) is 6.49. The number of amides is 2. The number of ether oxygens (including phenoxy) is 1. The van der Waals surface area contributed by atoms with E-state index >= 15 is 0 Å². The Bertz CT molecular complexity index is 589. The van der Waals surface area contributed by atoms with Gasteiger partial charge in [-0.3, -0.25) is 4.79 Å². The Balaban J connectivity index is 3.00. The van der Waals surface area contributed by atoms with Gasteiger partial charge >= 0.3 is 12.1 Å². The second-order valence-corrected chi connectivity index (χ2v) is 5.95. The molecule has 0 saturated heterocycles. The molecule has 9 nitrogen and oxygen atoms in total. The molecule has 1 aromatic rings. The van der Waals surface area contributed by atoms with Crippen molar-refractivity contribution in [3.05, 3.63) is 18.2 Å². The predicted octanol–water partition coefficient (Wildman–Crippen LogP) is 0.193. The monoisotopic (exact) mass is 312 g/mol. The normalized spacial score (nSPS) is 14.0. The van der Waals surface area contributed by atoms with Crippen molar-refractivity contribution >= 4 is 18.0 Å². The Kier molecular flexibility index (Phi) is 4.80. The van der Waals surface area contributed by atoms with Crippen molar-refractivity contribution < 1.29 is 24.2 Å². The summed E-state index contributed by atoms with van der Waals surface area (Å²) in [6.45, 7) is 6.11. The zero-order chi connectivity index (χ0) is 17.1. The summed E-state index contributed by atoms with van der Waals surface area (Å²) in [6, 6.07) is 0. The number of carboxylic acids is 1. The Hall–Kier alpha value is -2.58. The van der Waals surface area contributed by atoms with Crippen LogP contribution in [0.15, 0.2) is 12.5 Å². The number of aromatic nitrogens is 2. The van der Waals surface area contributed by atoms with Gasteiger partial charge in [0.05, 0.1) is 12.0 Å². The summed E-state index contributed by atoms with van der Waals surface area (Å²) in [5.41, 5.74) is 2.54. The highest BCUT2D eigenvalue weighted by Crippen LogP contribution is 2.20. The van der Waals surface area contributed by atoms with E-state index in [4.69, 9.17) is 10.5 Å². The van der Waals surface area contributed by atoms with Crippen molar-refractivity contribution in [3.8, 4) is 0 Å². The second-order valence-electron chi connectivity index (χ2n) is 5.95. The van der Waals surface area contributed by atoms with Gasteiger partial charge in [0.1, 0.15) is 12.1 Å². The number of carboxylic acid groups (broad SMARTS) is 1. The van der Waals surface area contributed by atoms with Gasteiger partial charge in [-0.25, -0.2) is 14.6 Å². The maximum Gasteiger partial charge on any atom is 0.408 e. The molecule has 9 heteroatoms. The van der Waals surface area contributed by atoms with Gasteiger partial charge in [-0.15, -0.1) is 0 Å². The molecule has 0 aliphatic carbocycles. The van der Waals surface area contributed by atoms with Crippen LogP contribution < -0.4 is 11.1 Å². The SMILES string of the molecule is CC(C)(C)OC(=O)NC(C)(C(=O)O)c1cn(CC(N)=O)cn1. The maximum absolute atomic E-state index is 11.8. The smallest absolute Gasteiger partial charge is 0.408 e. The molecular weight excluding hydrogens is 292 g/mol. The molecule has 0 spiro atoms. The van der Waals surface area contributed by atoms with Gasteiger partial charge in [0.25, 0.3) is 0 Å². The average molecular weight is 312 g/mol. The van der Waals surface area contributed by atoms with Crippen molar-refractivity contribution in [2.45, 2.75) is 45.4 Å². The summed E-state index contributed by atoms with van der Waals surface area (Å²) < 4.78 is 6.38. The molecule has 1 aromatic heterocycles. The average Bonchev–Trinajstić information content (AvgIpc) is 2.73. The molecule has 0 saturated carbocycles. The number of alkyl carbamates (subject to hydrolysis) is 1. The number of nitrogens with zero attached hydrogens (tertiary/aromatic N) is 2. The third-order valence-corrected chi connectivity index (χ3v) is 2.66. The molecule has 0 bridgehead atoms. The summed E-state index contributed by atoms with van der Waals surface area (Å²) in [4.78, 5) is 38.2. The highest BCUT2D eigenvalue weighted by atomic mass is 16.6. The fourth-order valence-electron chi connectivity index (χ4n) is 1.62. The molecule has 122 valence electrons. The Morgan fingerprint density at radius 1 is 1.36 bits per heavy atom. The number of aliphatic carboxylic acids is 1. The van der Waals surface area contributed by atoms with Crippen LogP contribution in [-0.2, 0) is 26.4 Å². The van der Waals surface area contributed by atoms with Crippen LogP contribution in [0.1, 0.15) is 33.4 Å². The number of hydrogen-bond donors (Lipinski definition) is 3. The number of carbonyl (C=O) groups excluding carboxylic acids is 2. The van der Waals surface area contributed by atoms with Gasteiger partial charge in [-0.2, -0.15) is 0 Å². The van der Waals surface area contributed by atoms with E-state index in [9.17, 15) is 19.5 Å². The van der Waals surface area contributed by atoms with Gasteiger partial charge in [0, 0.05) is 6.20 Å². The molecule has 1 atom stereocenters. The third-order valence-electron chi connectivity index (χ3n) is 2.66. The number of carbonyl (C=O) groups is 3. The van der Waals surface area contributed by atoms with Crippen LogP contribution in [0.4, 0.5) is 4.79 Å². The highest BCUT2D eigenvalue weighted by molar-refractivity contribution is 5.85. The van der Waals surface area contributed by atoms with E-state index in [1.807, 2.05) is 0 Å². The third kappa shape index (κ3) is 4.47. The molecule has 4 N–H and O–H groups in total. The van der Waals surface area contributed by atoms with Crippen molar-refractivity contribution in [1.29, 1.82) is 0 Å². The molecule has 0 aliphatic rings. The first-order valence-corrected chi connectivity index (χ1v) is 6.49. The first kappa shape index (κ1) is 17.5. The molecule has 0 radical (unpaired) electrons. The van der Waals surface area contributed by atoms with E-state index in [-0.39, 0.29) is 12.2 Å². The Morgan fingerprint density at radius 2 is 1.95 bits per heavy atom. The lowest BCUT2D eigenvalue weighted by Gasteiger charge is -2.27. The molecule has 2 amide bonds. The molecule has 0 fully saturated rings. The van der Waals surface area contributed by atoms with Gasteiger partial charge < -0.3 is 25.5 Å². The first-order chi connectivity index (χ1) is 9.94. The van der Waals surface area contributed by atoms with Crippen LogP contribution in [0.5, 0.6) is 0 Å². The molecule has 1 heterocycles. The second kappa shape index (κ2) is 6.04. The highest BCUT2D eigenvalue weighted by Gasteiger charge is 2.40. The van der Waals surface area contributed by atoms with Crippen LogP contribution >= 0.6 is 0 Å². The van der Waals surface area contributed by atoms with Gasteiger partial charge in [0.2, 0.25) is 5.91 Å². The van der Waals surface area contributed by atoms with E-state index < -0.39 is 29.1 Å². The number of primary amides is 1. The Labute approximate surface area is 127 Å². The van der Waals surface area contributed by atoms with Crippen LogP contribution in [0.3, 0.4) is 0 Å². The number of imidazole rings is 1. The minimum Gasteiger partial charge on any atom is -0.479 e. The van der Waals surface area contributed by atoms with Crippen molar-refractivity contribution in [3.63, 3.8) is 0 Å². The van der Waals surface area contributed by atoms with Crippen LogP contribution in [0, 0.1) is 0 Å². The zero-order valence-corrected chi connectivity index (χ0v) is 12.9. The van der Waals surface area contributed by atoms with Crippen molar-refractivity contribution in [2.75, 3.05) is 0 Å². The van der Waals surface area contributed by atoms with E-state index in [0.717, 1.165) is 0 Å². The van der Waals surface area contributed by atoms with Gasteiger partial charge in [-0.1, -0.05) is 0 Å². The quantitative estimate of drug-likeness (QED) is 0.710. The van der Waals surface area contributed by atoms with E-state index in [2.05, 4.69) is 10.3 Å². The summed E-state index contributed by atoms with van der Waals surface area (Å²) in [6.07, 6.45) is 1.70. The number of rotatable bonds is 5. The fourth-order valence-corrected chi connectivity index (χ4v) is 1.62. The molecule has 0 aromatic carbocycles. The summed E-state index contributed by atoms with van der Waals surface area (Å²) in [7, 11) is 0. The lowest BCUT2D eigenvalue weighted by Crippen LogP contribution is -2.51. The van der Waals surface area contributed by atoms with E-state index in [1.54, 1.807) is 20.8 Å². The number of hydrogen-bond acceptors (Lipinski definition) is 5. The topological polar surface area (TPSA) is 137 Å².